The summed E-state index contributed by atoms with van der Waals surface area (Å²) in [5.74, 6) is -0.202. The van der Waals surface area contributed by atoms with Crippen molar-refractivity contribution in [3.8, 4) is 0 Å². The highest BCUT2D eigenvalue weighted by Crippen LogP contribution is 2.10. The van der Waals surface area contributed by atoms with E-state index >= 15 is 0 Å². The topological polar surface area (TPSA) is 50.4 Å². The normalized spacial score (nSPS) is 18.8. The smallest absolute Gasteiger partial charge is 0.221 e. The number of hydrogen-bond donors (Lipinski definition) is 2. The SMILES string of the molecule is Cc1cc(F)ccc1CCNC(=O)CC1COCCN1. The van der Waals surface area contributed by atoms with Gasteiger partial charge in [-0.05, 0) is 36.6 Å². The molecule has 1 fully saturated rings. The first-order valence-corrected chi connectivity index (χ1v) is 6.98. The van der Waals surface area contributed by atoms with Crippen LogP contribution in [0.2, 0.25) is 0 Å². The Balaban J connectivity index is 1.70. The summed E-state index contributed by atoms with van der Waals surface area (Å²) in [5.41, 5.74) is 1.98. The van der Waals surface area contributed by atoms with Crippen LogP contribution >= 0.6 is 0 Å². The van der Waals surface area contributed by atoms with E-state index in [0.717, 1.165) is 17.7 Å². The average Bonchev–Trinajstić information content (AvgIpc) is 2.42. The fourth-order valence-electron chi connectivity index (χ4n) is 2.32. The lowest BCUT2D eigenvalue weighted by Gasteiger charge is -2.23. The molecule has 1 atom stereocenters. The van der Waals surface area contributed by atoms with Crippen molar-refractivity contribution in [2.24, 2.45) is 0 Å². The van der Waals surface area contributed by atoms with Crippen LogP contribution in [0.1, 0.15) is 17.5 Å². The van der Waals surface area contributed by atoms with Crippen LogP contribution in [0.25, 0.3) is 0 Å². The Morgan fingerprint density at radius 3 is 3.10 bits per heavy atom. The van der Waals surface area contributed by atoms with Gasteiger partial charge in [0.05, 0.1) is 13.2 Å². The van der Waals surface area contributed by atoms with E-state index in [4.69, 9.17) is 4.74 Å². The zero-order chi connectivity index (χ0) is 14.4. The minimum Gasteiger partial charge on any atom is -0.378 e. The van der Waals surface area contributed by atoms with E-state index < -0.39 is 0 Å². The van der Waals surface area contributed by atoms with E-state index in [-0.39, 0.29) is 17.8 Å². The molecule has 0 aromatic heterocycles. The van der Waals surface area contributed by atoms with E-state index in [1.54, 1.807) is 6.07 Å². The standard InChI is InChI=1S/C15H21FN2O2/c1-11-8-13(16)3-2-12(11)4-5-18-15(19)9-14-10-20-7-6-17-14/h2-3,8,14,17H,4-7,9-10H2,1H3,(H,18,19). The summed E-state index contributed by atoms with van der Waals surface area (Å²) in [6, 6.07) is 4.85. The second-order valence-electron chi connectivity index (χ2n) is 5.10. The number of halogens is 1. The van der Waals surface area contributed by atoms with Gasteiger partial charge in [0, 0.05) is 25.6 Å². The van der Waals surface area contributed by atoms with Gasteiger partial charge in [0.25, 0.3) is 0 Å². The largest absolute Gasteiger partial charge is 0.378 e. The molecule has 0 saturated carbocycles. The second kappa shape index (κ2) is 7.36. The average molecular weight is 280 g/mol. The first-order valence-electron chi connectivity index (χ1n) is 6.98. The lowest BCUT2D eigenvalue weighted by Crippen LogP contribution is -2.44. The van der Waals surface area contributed by atoms with Gasteiger partial charge in [0.15, 0.2) is 0 Å². The maximum Gasteiger partial charge on any atom is 0.221 e. The van der Waals surface area contributed by atoms with Crippen LogP contribution in [0.4, 0.5) is 4.39 Å². The number of morpholine rings is 1. The number of ether oxygens (including phenoxy) is 1. The molecule has 0 spiro atoms. The molecule has 110 valence electrons. The minimum atomic E-state index is -0.223. The number of nitrogens with one attached hydrogen (secondary N) is 2. The Hall–Kier alpha value is -1.46. The van der Waals surface area contributed by atoms with Crippen molar-refractivity contribution >= 4 is 5.91 Å². The van der Waals surface area contributed by atoms with Gasteiger partial charge in [-0.15, -0.1) is 0 Å². The van der Waals surface area contributed by atoms with Crippen LogP contribution in [0.15, 0.2) is 18.2 Å². The Bertz CT molecular complexity index is 459. The Morgan fingerprint density at radius 2 is 2.40 bits per heavy atom. The Morgan fingerprint density at radius 1 is 1.55 bits per heavy atom. The summed E-state index contributed by atoms with van der Waals surface area (Å²) < 4.78 is 18.3. The second-order valence-corrected chi connectivity index (χ2v) is 5.10. The number of carbonyl (C=O) groups is 1. The molecular formula is C15H21FN2O2. The van der Waals surface area contributed by atoms with E-state index in [1.807, 2.05) is 6.92 Å². The van der Waals surface area contributed by atoms with Crippen molar-refractivity contribution < 1.29 is 13.9 Å². The molecule has 1 amide bonds. The molecule has 1 aliphatic heterocycles. The molecule has 0 bridgehead atoms. The van der Waals surface area contributed by atoms with Gasteiger partial charge in [-0.1, -0.05) is 6.07 Å². The first-order chi connectivity index (χ1) is 9.65. The lowest BCUT2D eigenvalue weighted by atomic mass is 10.1. The Kier molecular flexibility index (Phi) is 5.49. The fraction of sp³-hybridized carbons (Fsp3) is 0.533. The third kappa shape index (κ3) is 4.58. The van der Waals surface area contributed by atoms with Gasteiger partial charge in [-0.3, -0.25) is 4.79 Å². The molecule has 1 saturated heterocycles. The summed E-state index contributed by atoms with van der Waals surface area (Å²) in [4.78, 5) is 11.8. The Labute approximate surface area is 118 Å². The predicted molar refractivity (Wildman–Crippen MR) is 75.1 cm³/mol. The number of carbonyl (C=O) groups excluding carboxylic acids is 1. The molecule has 4 nitrogen and oxygen atoms in total. The fourth-order valence-corrected chi connectivity index (χ4v) is 2.32. The van der Waals surface area contributed by atoms with Gasteiger partial charge in [-0.2, -0.15) is 0 Å². The molecule has 2 rings (SSSR count). The van der Waals surface area contributed by atoms with E-state index in [2.05, 4.69) is 10.6 Å². The highest BCUT2D eigenvalue weighted by atomic mass is 19.1. The number of amides is 1. The summed E-state index contributed by atoms with van der Waals surface area (Å²) >= 11 is 0. The molecule has 5 heteroatoms. The highest BCUT2D eigenvalue weighted by Gasteiger charge is 2.16. The van der Waals surface area contributed by atoms with Gasteiger partial charge in [0.2, 0.25) is 5.91 Å². The van der Waals surface area contributed by atoms with Crippen LogP contribution in [-0.4, -0.2) is 38.3 Å². The van der Waals surface area contributed by atoms with Crippen LogP contribution in [0.3, 0.4) is 0 Å². The number of aryl methyl sites for hydroxylation is 1. The molecule has 1 heterocycles. The first kappa shape index (κ1) is 14.9. The van der Waals surface area contributed by atoms with Gasteiger partial charge in [-0.25, -0.2) is 4.39 Å². The van der Waals surface area contributed by atoms with E-state index in [1.165, 1.54) is 12.1 Å². The lowest BCUT2D eigenvalue weighted by molar-refractivity contribution is -0.122. The van der Waals surface area contributed by atoms with E-state index in [9.17, 15) is 9.18 Å². The number of benzene rings is 1. The third-order valence-corrected chi connectivity index (χ3v) is 3.45. The third-order valence-electron chi connectivity index (χ3n) is 3.45. The molecule has 20 heavy (non-hydrogen) atoms. The van der Waals surface area contributed by atoms with Crippen molar-refractivity contribution in [2.75, 3.05) is 26.3 Å². The highest BCUT2D eigenvalue weighted by molar-refractivity contribution is 5.76. The van der Waals surface area contributed by atoms with Crippen LogP contribution < -0.4 is 10.6 Å². The van der Waals surface area contributed by atoms with Gasteiger partial charge >= 0.3 is 0 Å². The molecule has 0 radical (unpaired) electrons. The van der Waals surface area contributed by atoms with E-state index in [0.29, 0.717) is 32.6 Å². The summed E-state index contributed by atoms with van der Waals surface area (Å²) in [5, 5.41) is 6.14. The predicted octanol–water partition coefficient (Wildman–Crippen LogP) is 1.17. The van der Waals surface area contributed by atoms with Crippen LogP contribution in [-0.2, 0) is 16.0 Å². The molecule has 1 aromatic rings. The molecular weight excluding hydrogens is 259 g/mol. The van der Waals surface area contributed by atoms with Gasteiger partial charge in [0.1, 0.15) is 5.82 Å². The van der Waals surface area contributed by atoms with Crippen LogP contribution in [0, 0.1) is 12.7 Å². The molecule has 0 aliphatic carbocycles. The maximum atomic E-state index is 13.0. The van der Waals surface area contributed by atoms with Crippen molar-refractivity contribution in [1.29, 1.82) is 0 Å². The molecule has 2 N–H and O–H groups in total. The van der Waals surface area contributed by atoms with Crippen molar-refractivity contribution in [2.45, 2.75) is 25.8 Å². The number of rotatable bonds is 5. The quantitative estimate of drug-likeness (QED) is 0.851. The maximum absolute atomic E-state index is 13.0. The van der Waals surface area contributed by atoms with Crippen molar-refractivity contribution in [1.82, 2.24) is 10.6 Å². The van der Waals surface area contributed by atoms with Crippen molar-refractivity contribution in [3.63, 3.8) is 0 Å². The summed E-state index contributed by atoms with van der Waals surface area (Å²) in [6.07, 6.45) is 1.15. The summed E-state index contributed by atoms with van der Waals surface area (Å²) in [7, 11) is 0. The molecule has 1 unspecified atom stereocenters. The molecule has 1 aliphatic rings. The number of hydrogen-bond acceptors (Lipinski definition) is 3. The van der Waals surface area contributed by atoms with Gasteiger partial charge < -0.3 is 15.4 Å². The minimum absolute atomic E-state index is 0.0211. The zero-order valence-corrected chi connectivity index (χ0v) is 11.7. The van der Waals surface area contributed by atoms with Crippen molar-refractivity contribution in [3.05, 3.63) is 35.1 Å². The zero-order valence-electron chi connectivity index (χ0n) is 11.7. The molecule has 1 aromatic carbocycles. The monoisotopic (exact) mass is 280 g/mol. The van der Waals surface area contributed by atoms with Crippen LogP contribution in [0.5, 0.6) is 0 Å². The summed E-state index contributed by atoms with van der Waals surface area (Å²) in [6.45, 7) is 4.54.